The van der Waals surface area contributed by atoms with E-state index in [9.17, 15) is 9.59 Å². The molecule has 0 spiro atoms. The van der Waals surface area contributed by atoms with Crippen LogP contribution in [-0.2, 0) is 16.1 Å². The van der Waals surface area contributed by atoms with Crippen LogP contribution >= 0.6 is 0 Å². The third-order valence-electron chi connectivity index (χ3n) is 4.58. The van der Waals surface area contributed by atoms with Crippen molar-refractivity contribution in [1.82, 2.24) is 19.2 Å². The number of benzene rings is 1. The Morgan fingerprint density at radius 3 is 2.50 bits per heavy atom. The molecule has 0 aliphatic carbocycles. The number of carbonyl (C=O) groups is 2. The second-order valence-corrected chi connectivity index (χ2v) is 6.51. The van der Waals surface area contributed by atoms with Crippen LogP contribution in [0.4, 0.5) is 5.69 Å². The number of carbonyl (C=O) groups excluding carboxylic acids is 2. The third kappa shape index (κ3) is 4.12. The van der Waals surface area contributed by atoms with Gasteiger partial charge in [-0.3, -0.25) is 14.3 Å². The molecule has 8 heteroatoms. The van der Waals surface area contributed by atoms with Gasteiger partial charge in [-0.1, -0.05) is 0 Å². The van der Waals surface area contributed by atoms with Crippen molar-refractivity contribution in [2.75, 3.05) is 31.6 Å². The van der Waals surface area contributed by atoms with E-state index in [1.54, 1.807) is 29.4 Å². The normalized spacial score (nSPS) is 14.1. The molecule has 144 valence electrons. The van der Waals surface area contributed by atoms with Crippen molar-refractivity contribution in [3.63, 3.8) is 0 Å². The fraction of sp³-hybridized carbons (Fsp3) is 0.250. The number of nitrogens with zero attached hydrogens (tertiary/aromatic N) is 4. The van der Waals surface area contributed by atoms with Crippen molar-refractivity contribution >= 4 is 17.5 Å². The first-order valence-corrected chi connectivity index (χ1v) is 9.12. The lowest BCUT2D eigenvalue weighted by Gasteiger charge is -2.26. The Morgan fingerprint density at radius 1 is 1.07 bits per heavy atom. The molecule has 2 aromatic heterocycles. The van der Waals surface area contributed by atoms with Crippen LogP contribution in [0.25, 0.3) is 5.69 Å². The number of ether oxygens (including phenoxy) is 1. The zero-order valence-electron chi connectivity index (χ0n) is 15.3. The SMILES string of the molecule is O=C(Nc1cnn(CC(=O)N2CCOCC2)c1)c1ccc(-n2cccc2)cc1. The zero-order chi connectivity index (χ0) is 19.3. The number of amides is 2. The molecule has 0 radical (unpaired) electrons. The van der Waals surface area contributed by atoms with E-state index in [4.69, 9.17) is 4.74 Å². The summed E-state index contributed by atoms with van der Waals surface area (Å²) < 4.78 is 8.75. The van der Waals surface area contributed by atoms with Gasteiger partial charge >= 0.3 is 0 Å². The molecule has 8 nitrogen and oxygen atoms in total. The number of rotatable bonds is 5. The van der Waals surface area contributed by atoms with Crippen molar-refractivity contribution in [1.29, 1.82) is 0 Å². The molecular formula is C20H21N5O3. The summed E-state index contributed by atoms with van der Waals surface area (Å²) in [6.07, 6.45) is 7.09. The summed E-state index contributed by atoms with van der Waals surface area (Å²) in [5, 5.41) is 6.98. The standard InChI is InChI=1S/C20H21N5O3/c26-19(24-9-11-28-12-10-24)15-25-14-17(13-21-25)22-20(27)16-3-5-18(6-4-16)23-7-1-2-8-23/h1-8,13-14H,9-12,15H2,(H,22,27). The van der Waals surface area contributed by atoms with Gasteiger partial charge in [-0.15, -0.1) is 0 Å². The Bertz CT molecular complexity index is 941. The van der Waals surface area contributed by atoms with Crippen LogP contribution in [0.5, 0.6) is 0 Å². The molecule has 0 unspecified atom stereocenters. The predicted molar refractivity (Wildman–Crippen MR) is 103 cm³/mol. The lowest BCUT2D eigenvalue weighted by molar-refractivity contribution is -0.136. The van der Waals surface area contributed by atoms with Gasteiger partial charge in [-0.2, -0.15) is 5.10 Å². The topological polar surface area (TPSA) is 81.4 Å². The van der Waals surface area contributed by atoms with Crippen molar-refractivity contribution < 1.29 is 14.3 Å². The lowest BCUT2D eigenvalue weighted by Crippen LogP contribution is -2.42. The van der Waals surface area contributed by atoms with Crippen LogP contribution in [-0.4, -0.2) is 57.4 Å². The molecule has 2 amide bonds. The van der Waals surface area contributed by atoms with Crippen LogP contribution in [0, 0.1) is 0 Å². The highest BCUT2D eigenvalue weighted by molar-refractivity contribution is 6.04. The van der Waals surface area contributed by atoms with Gasteiger partial charge in [-0.25, -0.2) is 0 Å². The van der Waals surface area contributed by atoms with Gasteiger partial charge in [0.1, 0.15) is 6.54 Å². The fourth-order valence-corrected chi connectivity index (χ4v) is 3.06. The molecule has 1 aromatic carbocycles. The van der Waals surface area contributed by atoms with Gasteiger partial charge in [0.2, 0.25) is 5.91 Å². The Balaban J connectivity index is 1.35. The maximum Gasteiger partial charge on any atom is 0.255 e. The summed E-state index contributed by atoms with van der Waals surface area (Å²) in [5.41, 5.74) is 2.08. The zero-order valence-corrected chi connectivity index (χ0v) is 15.3. The first-order valence-electron chi connectivity index (χ1n) is 9.12. The number of morpholine rings is 1. The minimum Gasteiger partial charge on any atom is -0.378 e. The molecule has 0 bridgehead atoms. The number of nitrogens with one attached hydrogen (secondary N) is 1. The van der Waals surface area contributed by atoms with Gasteiger partial charge < -0.3 is 19.5 Å². The molecule has 1 saturated heterocycles. The fourth-order valence-electron chi connectivity index (χ4n) is 3.06. The molecule has 3 aromatic rings. The summed E-state index contributed by atoms with van der Waals surface area (Å²) in [6.45, 7) is 2.47. The maximum atomic E-state index is 12.4. The van der Waals surface area contributed by atoms with E-state index in [0.717, 1.165) is 5.69 Å². The first-order chi connectivity index (χ1) is 13.7. The van der Waals surface area contributed by atoms with Crippen LogP contribution in [0.3, 0.4) is 0 Å². The highest BCUT2D eigenvalue weighted by Crippen LogP contribution is 2.13. The van der Waals surface area contributed by atoms with Gasteiger partial charge in [0.05, 0.1) is 25.1 Å². The Hall–Kier alpha value is -3.39. The van der Waals surface area contributed by atoms with Crippen LogP contribution in [0.1, 0.15) is 10.4 Å². The molecule has 0 saturated carbocycles. The molecule has 1 fully saturated rings. The Morgan fingerprint density at radius 2 is 1.79 bits per heavy atom. The largest absolute Gasteiger partial charge is 0.378 e. The maximum absolute atomic E-state index is 12.4. The second-order valence-electron chi connectivity index (χ2n) is 6.51. The van der Waals surface area contributed by atoms with Crippen LogP contribution in [0.15, 0.2) is 61.2 Å². The molecule has 1 aliphatic rings. The number of aromatic nitrogens is 3. The third-order valence-corrected chi connectivity index (χ3v) is 4.58. The average Bonchev–Trinajstić information content (AvgIpc) is 3.41. The molecule has 1 aliphatic heterocycles. The van der Waals surface area contributed by atoms with Gasteiger partial charge in [-0.05, 0) is 36.4 Å². The quantitative estimate of drug-likeness (QED) is 0.733. The van der Waals surface area contributed by atoms with Gasteiger partial charge in [0.25, 0.3) is 5.91 Å². The molecule has 4 rings (SSSR count). The highest BCUT2D eigenvalue weighted by Gasteiger charge is 2.17. The minimum absolute atomic E-state index is 0.00937. The summed E-state index contributed by atoms with van der Waals surface area (Å²) in [4.78, 5) is 26.5. The van der Waals surface area contributed by atoms with E-state index in [1.807, 2.05) is 41.2 Å². The molecule has 0 atom stereocenters. The smallest absolute Gasteiger partial charge is 0.255 e. The van der Waals surface area contributed by atoms with Crippen LogP contribution < -0.4 is 5.32 Å². The minimum atomic E-state index is -0.224. The van der Waals surface area contributed by atoms with E-state index in [2.05, 4.69) is 10.4 Å². The van der Waals surface area contributed by atoms with Gasteiger partial charge in [0.15, 0.2) is 0 Å². The number of hydrogen-bond donors (Lipinski definition) is 1. The molecular weight excluding hydrogens is 358 g/mol. The molecule has 3 heterocycles. The van der Waals surface area contributed by atoms with Gasteiger partial charge in [0, 0.05) is 42.9 Å². The lowest BCUT2D eigenvalue weighted by atomic mass is 10.2. The average molecular weight is 379 g/mol. The summed E-state index contributed by atoms with van der Waals surface area (Å²) >= 11 is 0. The molecule has 1 N–H and O–H groups in total. The first kappa shape index (κ1) is 18.0. The monoisotopic (exact) mass is 379 g/mol. The van der Waals surface area contributed by atoms with E-state index in [0.29, 0.717) is 37.6 Å². The molecule has 28 heavy (non-hydrogen) atoms. The Kier molecular flexibility index (Phi) is 5.20. The van der Waals surface area contributed by atoms with E-state index >= 15 is 0 Å². The number of hydrogen-bond acceptors (Lipinski definition) is 4. The Labute approximate surface area is 162 Å². The van der Waals surface area contributed by atoms with Crippen molar-refractivity contribution in [2.24, 2.45) is 0 Å². The summed E-state index contributed by atoms with van der Waals surface area (Å²) in [6, 6.07) is 11.2. The van der Waals surface area contributed by atoms with Crippen molar-refractivity contribution in [2.45, 2.75) is 6.54 Å². The summed E-state index contributed by atoms with van der Waals surface area (Å²) in [5.74, 6) is -0.233. The van der Waals surface area contributed by atoms with E-state index < -0.39 is 0 Å². The summed E-state index contributed by atoms with van der Waals surface area (Å²) in [7, 11) is 0. The van der Waals surface area contributed by atoms with E-state index in [-0.39, 0.29) is 18.4 Å². The van der Waals surface area contributed by atoms with Crippen molar-refractivity contribution in [3.05, 3.63) is 66.7 Å². The van der Waals surface area contributed by atoms with E-state index in [1.165, 1.54) is 4.68 Å². The predicted octanol–water partition coefficient (Wildman–Crippen LogP) is 1.78. The van der Waals surface area contributed by atoms with Crippen molar-refractivity contribution in [3.8, 4) is 5.69 Å². The highest BCUT2D eigenvalue weighted by atomic mass is 16.5. The second kappa shape index (κ2) is 8.10. The number of anilines is 1. The van der Waals surface area contributed by atoms with Crippen LogP contribution in [0.2, 0.25) is 0 Å².